The number of carbonyl (C=O) groups excluding carboxylic acids is 2. The van der Waals surface area contributed by atoms with E-state index in [1.54, 1.807) is 42.5 Å². The van der Waals surface area contributed by atoms with Crippen molar-refractivity contribution in [3.63, 3.8) is 0 Å². The summed E-state index contributed by atoms with van der Waals surface area (Å²) in [4.78, 5) is 30.0. The minimum absolute atomic E-state index is 0.0290. The molecule has 1 atom stereocenters. The highest BCUT2D eigenvalue weighted by Gasteiger charge is 2.35. The molecule has 1 unspecified atom stereocenters. The van der Waals surface area contributed by atoms with Crippen LogP contribution in [0.4, 0.5) is 4.39 Å². The zero-order valence-electron chi connectivity index (χ0n) is 21.2. The molecular formula is C28H28ClFN6O3. The van der Waals surface area contributed by atoms with Crippen LogP contribution in [0.3, 0.4) is 0 Å². The van der Waals surface area contributed by atoms with E-state index in [-0.39, 0.29) is 36.4 Å². The number of halogens is 2. The van der Waals surface area contributed by atoms with E-state index in [9.17, 15) is 14.0 Å². The van der Waals surface area contributed by atoms with Crippen molar-refractivity contribution in [3.05, 3.63) is 89.1 Å². The Morgan fingerprint density at radius 2 is 1.85 bits per heavy atom. The third-order valence-corrected chi connectivity index (χ3v) is 7.16. The largest absolute Gasteiger partial charge is 0.467 e. The van der Waals surface area contributed by atoms with Gasteiger partial charge >= 0.3 is 0 Å². The van der Waals surface area contributed by atoms with Gasteiger partial charge in [0.2, 0.25) is 11.7 Å². The Hall–Kier alpha value is -4.05. The van der Waals surface area contributed by atoms with E-state index in [2.05, 4.69) is 20.7 Å². The molecule has 11 heteroatoms. The maximum Gasteiger partial charge on any atom is 0.250 e. The molecule has 5 rings (SSSR count). The van der Waals surface area contributed by atoms with Gasteiger partial charge in [-0.3, -0.25) is 9.59 Å². The SMILES string of the molecule is O=C(NC1CCCCC1)C(c1ccco1)N(Cc1ccccc1Cl)C(=O)Cn1nnc(-c2ccccc2F)n1. The number of aromatic nitrogens is 4. The van der Waals surface area contributed by atoms with Gasteiger partial charge in [0.05, 0.1) is 11.8 Å². The van der Waals surface area contributed by atoms with Crippen molar-refractivity contribution in [2.45, 2.75) is 57.3 Å². The molecule has 9 nitrogen and oxygen atoms in total. The fourth-order valence-corrected chi connectivity index (χ4v) is 5.00. The quantitative estimate of drug-likeness (QED) is 0.316. The first-order chi connectivity index (χ1) is 19.0. The highest BCUT2D eigenvalue weighted by atomic mass is 35.5. The summed E-state index contributed by atoms with van der Waals surface area (Å²) in [6.07, 6.45) is 6.47. The lowest BCUT2D eigenvalue weighted by atomic mass is 9.95. The molecule has 0 spiro atoms. The Labute approximate surface area is 229 Å². The van der Waals surface area contributed by atoms with Crippen LogP contribution < -0.4 is 5.32 Å². The number of amides is 2. The van der Waals surface area contributed by atoms with Crippen LogP contribution in [0.2, 0.25) is 5.02 Å². The molecule has 202 valence electrons. The smallest absolute Gasteiger partial charge is 0.250 e. The van der Waals surface area contributed by atoms with Crippen molar-refractivity contribution in [1.29, 1.82) is 0 Å². The van der Waals surface area contributed by atoms with Crippen LogP contribution in [0.5, 0.6) is 0 Å². The fourth-order valence-electron chi connectivity index (χ4n) is 4.80. The summed E-state index contributed by atoms with van der Waals surface area (Å²) in [5.74, 6) is -0.928. The van der Waals surface area contributed by atoms with E-state index in [0.717, 1.165) is 36.9 Å². The summed E-state index contributed by atoms with van der Waals surface area (Å²) >= 11 is 6.45. The van der Waals surface area contributed by atoms with Crippen LogP contribution in [-0.2, 0) is 22.7 Å². The average molecular weight is 551 g/mol. The summed E-state index contributed by atoms with van der Waals surface area (Å²) < 4.78 is 19.9. The van der Waals surface area contributed by atoms with Gasteiger partial charge in [-0.15, -0.1) is 10.2 Å². The van der Waals surface area contributed by atoms with E-state index in [4.69, 9.17) is 16.0 Å². The van der Waals surface area contributed by atoms with Crippen LogP contribution in [0.25, 0.3) is 11.4 Å². The van der Waals surface area contributed by atoms with Gasteiger partial charge in [0.1, 0.15) is 18.1 Å². The van der Waals surface area contributed by atoms with Gasteiger partial charge in [0, 0.05) is 17.6 Å². The molecule has 2 aromatic heterocycles. The normalized spacial score (nSPS) is 14.6. The molecular weight excluding hydrogens is 523 g/mol. The van der Waals surface area contributed by atoms with E-state index >= 15 is 0 Å². The Bertz CT molecular complexity index is 1420. The van der Waals surface area contributed by atoms with Crippen LogP contribution >= 0.6 is 11.6 Å². The third-order valence-electron chi connectivity index (χ3n) is 6.79. The van der Waals surface area contributed by atoms with E-state index in [1.807, 2.05) is 6.07 Å². The maximum atomic E-state index is 14.2. The number of hydrogen-bond acceptors (Lipinski definition) is 6. The molecule has 0 bridgehead atoms. The summed E-state index contributed by atoms with van der Waals surface area (Å²) in [5.41, 5.74) is 0.831. The number of nitrogens with zero attached hydrogens (tertiary/aromatic N) is 5. The summed E-state index contributed by atoms with van der Waals surface area (Å²) in [6.45, 7) is -0.295. The molecule has 4 aromatic rings. The van der Waals surface area contributed by atoms with Gasteiger partial charge in [-0.1, -0.05) is 61.2 Å². The lowest BCUT2D eigenvalue weighted by molar-refractivity contribution is -0.143. The molecule has 0 radical (unpaired) electrons. The molecule has 2 aromatic carbocycles. The van der Waals surface area contributed by atoms with Crippen molar-refractivity contribution in [3.8, 4) is 11.4 Å². The first-order valence-corrected chi connectivity index (χ1v) is 13.3. The van der Waals surface area contributed by atoms with Gasteiger partial charge in [-0.25, -0.2) is 4.39 Å². The van der Waals surface area contributed by atoms with Crippen LogP contribution in [0.15, 0.2) is 71.3 Å². The van der Waals surface area contributed by atoms with Gasteiger partial charge in [-0.2, -0.15) is 4.80 Å². The number of furan rings is 1. The maximum absolute atomic E-state index is 14.2. The van der Waals surface area contributed by atoms with Crippen LogP contribution in [0.1, 0.15) is 49.5 Å². The van der Waals surface area contributed by atoms with Crippen molar-refractivity contribution in [1.82, 2.24) is 30.4 Å². The second-order valence-corrected chi connectivity index (χ2v) is 9.91. The predicted molar refractivity (Wildman–Crippen MR) is 142 cm³/mol. The zero-order chi connectivity index (χ0) is 27.2. The Balaban J connectivity index is 1.45. The molecule has 1 fully saturated rings. The zero-order valence-corrected chi connectivity index (χ0v) is 21.9. The van der Waals surface area contributed by atoms with Crippen molar-refractivity contribution in [2.24, 2.45) is 0 Å². The molecule has 0 saturated heterocycles. The van der Waals surface area contributed by atoms with Gasteiger partial charge in [0.15, 0.2) is 6.04 Å². The average Bonchev–Trinajstić information content (AvgIpc) is 3.63. The monoisotopic (exact) mass is 550 g/mol. The number of tetrazole rings is 1. The second-order valence-electron chi connectivity index (χ2n) is 9.50. The number of hydrogen-bond donors (Lipinski definition) is 1. The standard InChI is InChI=1S/C28H28ClFN6O3/c29-22-13-6-4-9-19(22)17-35(25(37)18-36-33-27(32-34-36)21-12-5-7-14-23(21)30)26(24-15-8-16-39-24)28(38)31-20-10-2-1-3-11-20/h4-9,12-16,20,26H,1-3,10-11,17-18H2,(H,31,38). The van der Waals surface area contributed by atoms with Crippen LogP contribution in [0, 0.1) is 5.82 Å². The number of nitrogens with one attached hydrogen (secondary N) is 1. The Morgan fingerprint density at radius 1 is 1.08 bits per heavy atom. The van der Waals surface area contributed by atoms with E-state index < -0.39 is 17.8 Å². The Morgan fingerprint density at radius 3 is 2.59 bits per heavy atom. The molecule has 0 aliphatic heterocycles. The van der Waals surface area contributed by atoms with Crippen molar-refractivity contribution >= 4 is 23.4 Å². The topological polar surface area (TPSA) is 106 Å². The van der Waals surface area contributed by atoms with Gasteiger partial charge < -0.3 is 14.6 Å². The van der Waals surface area contributed by atoms with Crippen molar-refractivity contribution in [2.75, 3.05) is 0 Å². The molecule has 1 saturated carbocycles. The lowest BCUT2D eigenvalue weighted by Crippen LogP contribution is -2.47. The lowest BCUT2D eigenvalue weighted by Gasteiger charge is -2.32. The third kappa shape index (κ3) is 6.34. The van der Waals surface area contributed by atoms with E-state index in [0.29, 0.717) is 16.3 Å². The number of rotatable bonds is 9. The number of carbonyl (C=O) groups is 2. The highest BCUT2D eigenvalue weighted by Crippen LogP contribution is 2.28. The number of benzene rings is 2. The molecule has 1 aliphatic carbocycles. The Kier molecular flexibility index (Phi) is 8.31. The summed E-state index contributed by atoms with van der Waals surface area (Å²) in [7, 11) is 0. The second kappa shape index (κ2) is 12.2. The molecule has 39 heavy (non-hydrogen) atoms. The minimum atomic E-state index is -1.06. The molecule has 2 heterocycles. The molecule has 1 aliphatic rings. The fraction of sp³-hybridized carbons (Fsp3) is 0.321. The first kappa shape index (κ1) is 26.6. The predicted octanol–water partition coefficient (Wildman–Crippen LogP) is 4.94. The van der Waals surface area contributed by atoms with E-state index in [1.165, 1.54) is 23.3 Å². The van der Waals surface area contributed by atoms with Crippen LogP contribution in [-0.4, -0.2) is 43.0 Å². The minimum Gasteiger partial charge on any atom is -0.467 e. The van der Waals surface area contributed by atoms with Gasteiger partial charge in [-0.05, 0) is 54.0 Å². The first-order valence-electron chi connectivity index (χ1n) is 12.9. The van der Waals surface area contributed by atoms with Crippen molar-refractivity contribution < 1.29 is 18.4 Å². The molecule has 1 N–H and O–H groups in total. The summed E-state index contributed by atoms with van der Waals surface area (Å²) in [5, 5.41) is 15.7. The summed E-state index contributed by atoms with van der Waals surface area (Å²) in [6, 6.07) is 15.5. The van der Waals surface area contributed by atoms with Gasteiger partial charge in [0.25, 0.3) is 5.91 Å². The molecule has 2 amide bonds. The highest BCUT2D eigenvalue weighted by molar-refractivity contribution is 6.31.